The van der Waals surface area contributed by atoms with Crippen molar-refractivity contribution in [3.8, 4) is 0 Å². The Morgan fingerprint density at radius 1 is 1.00 bits per heavy atom. The van der Waals surface area contributed by atoms with Crippen LogP contribution in [0.1, 0.15) is 18.1 Å². The predicted octanol–water partition coefficient (Wildman–Crippen LogP) is 2.91. The molecular weight excluding hydrogens is 300 g/mol. The second-order valence-corrected chi connectivity index (χ2v) is 5.35. The molecule has 24 heavy (non-hydrogen) atoms. The first-order valence-corrected chi connectivity index (χ1v) is 7.96. The first-order valence-electron chi connectivity index (χ1n) is 7.96. The number of nitrogens with zero attached hydrogens (tertiary/aromatic N) is 5. The topological polar surface area (TPSA) is 66.8 Å². The highest BCUT2D eigenvalue weighted by molar-refractivity contribution is 5.41. The van der Waals surface area contributed by atoms with Crippen molar-refractivity contribution >= 4 is 11.8 Å². The Balaban J connectivity index is 1.69. The van der Waals surface area contributed by atoms with Gasteiger partial charge >= 0.3 is 0 Å². The molecular formula is C18H20N6. The minimum absolute atomic E-state index is 0.517. The molecule has 0 amide bonds. The smallest absolute Gasteiger partial charge is 0.244 e. The highest BCUT2D eigenvalue weighted by atomic mass is 15.3. The number of hydrogen-bond acceptors (Lipinski definition) is 6. The Labute approximate surface area is 141 Å². The molecule has 2 heterocycles. The SMILES string of the molecule is CCN(Cc1ccccc1)c1cnnc(NCc2cccnc2)n1. The van der Waals surface area contributed by atoms with Crippen molar-refractivity contribution < 1.29 is 0 Å². The summed E-state index contributed by atoms with van der Waals surface area (Å²) in [6, 6.07) is 14.2. The lowest BCUT2D eigenvalue weighted by Gasteiger charge is -2.21. The third kappa shape index (κ3) is 4.25. The van der Waals surface area contributed by atoms with Crippen molar-refractivity contribution in [2.45, 2.75) is 20.0 Å². The Morgan fingerprint density at radius 3 is 2.58 bits per heavy atom. The van der Waals surface area contributed by atoms with E-state index in [1.54, 1.807) is 12.4 Å². The van der Waals surface area contributed by atoms with Gasteiger partial charge < -0.3 is 10.2 Å². The normalized spacial score (nSPS) is 10.4. The van der Waals surface area contributed by atoms with Gasteiger partial charge in [-0.25, -0.2) is 0 Å². The van der Waals surface area contributed by atoms with E-state index in [9.17, 15) is 0 Å². The summed E-state index contributed by atoms with van der Waals surface area (Å²) in [5.41, 5.74) is 2.31. The molecule has 0 radical (unpaired) electrons. The minimum atomic E-state index is 0.517. The van der Waals surface area contributed by atoms with Crippen LogP contribution in [0, 0.1) is 0 Å². The van der Waals surface area contributed by atoms with E-state index in [1.165, 1.54) is 5.56 Å². The molecule has 2 aromatic heterocycles. The van der Waals surface area contributed by atoms with Gasteiger partial charge in [0.2, 0.25) is 5.95 Å². The molecule has 0 saturated heterocycles. The van der Waals surface area contributed by atoms with E-state index in [2.05, 4.69) is 49.4 Å². The number of hydrogen-bond donors (Lipinski definition) is 1. The maximum atomic E-state index is 4.58. The summed E-state index contributed by atoms with van der Waals surface area (Å²) >= 11 is 0. The first kappa shape index (κ1) is 15.9. The fourth-order valence-corrected chi connectivity index (χ4v) is 2.36. The van der Waals surface area contributed by atoms with Crippen molar-refractivity contribution in [3.63, 3.8) is 0 Å². The van der Waals surface area contributed by atoms with Crippen molar-refractivity contribution in [1.82, 2.24) is 20.2 Å². The zero-order chi connectivity index (χ0) is 16.6. The summed E-state index contributed by atoms with van der Waals surface area (Å²) in [5, 5.41) is 11.3. The van der Waals surface area contributed by atoms with Gasteiger partial charge in [0.05, 0.1) is 6.20 Å². The Hall–Kier alpha value is -3.02. The largest absolute Gasteiger partial charge is 0.351 e. The molecule has 6 heteroatoms. The van der Waals surface area contributed by atoms with E-state index in [-0.39, 0.29) is 0 Å². The van der Waals surface area contributed by atoms with Crippen molar-refractivity contribution in [3.05, 3.63) is 72.2 Å². The third-order valence-electron chi connectivity index (χ3n) is 3.64. The molecule has 0 fully saturated rings. The van der Waals surface area contributed by atoms with Gasteiger partial charge in [-0.05, 0) is 24.1 Å². The number of nitrogens with one attached hydrogen (secondary N) is 1. The van der Waals surface area contributed by atoms with E-state index < -0.39 is 0 Å². The van der Waals surface area contributed by atoms with Crippen molar-refractivity contribution in [2.24, 2.45) is 0 Å². The van der Waals surface area contributed by atoms with E-state index >= 15 is 0 Å². The monoisotopic (exact) mass is 320 g/mol. The summed E-state index contributed by atoms with van der Waals surface area (Å²) in [4.78, 5) is 10.8. The molecule has 0 unspecified atom stereocenters. The van der Waals surface area contributed by atoms with Gasteiger partial charge in [-0.2, -0.15) is 10.1 Å². The van der Waals surface area contributed by atoms with Crippen molar-refractivity contribution in [2.75, 3.05) is 16.8 Å². The van der Waals surface area contributed by atoms with Crippen LogP contribution in [0.25, 0.3) is 0 Å². The number of anilines is 2. The van der Waals surface area contributed by atoms with Crippen LogP contribution in [0.3, 0.4) is 0 Å². The zero-order valence-corrected chi connectivity index (χ0v) is 13.6. The van der Waals surface area contributed by atoms with Gasteiger partial charge in [0, 0.05) is 32.0 Å². The van der Waals surface area contributed by atoms with Crippen molar-refractivity contribution in [1.29, 1.82) is 0 Å². The maximum Gasteiger partial charge on any atom is 0.244 e. The highest BCUT2D eigenvalue weighted by Gasteiger charge is 2.09. The Morgan fingerprint density at radius 2 is 1.83 bits per heavy atom. The first-order chi connectivity index (χ1) is 11.8. The molecule has 3 rings (SSSR count). The summed E-state index contributed by atoms with van der Waals surface area (Å²) < 4.78 is 0. The average molecular weight is 320 g/mol. The van der Waals surface area contributed by atoms with Gasteiger partial charge in [0.25, 0.3) is 0 Å². The summed E-state index contributed by atoms with van der Waals surface area (Å²) in [7, 11) is 0. The van der Waals surface area contributed by atoms with Gasteiger partial charge in [0.1, 0.15) is 0 Å². The van der Waals surface area contributed by atoms with Crippen LogP contribution in [-0.4, -0.2) is 26.7 Å². The molecule has 0 aliphatic heterocycles. The zero-order valence-electron chi connectivity index (χ0n) is 13.6. The Kier molecular flexibility index (Phi) is 5.29. The highest BCUT2D eigenvalue weighted by Crippen LogP contribution is 2.14. The lowest BCUT2D eigenvalue weighted by Crippen LogP contribution is -2.24. The van der Waals surface area contributed by atoms with E-state index in [4.69, 9.17) is 0 Å². The van der Waals surface area contributed by atoms with E-state index in [1.807, 2.05) is 36.5 Å². The minimum Gasteiger partial charge on any atom is -0.351 e. The van der Waals surface area contributed by atoms with Crippen LogP contribution in [0.5, 0.6) is 0 Å². The van der Waals surface area contributed by atoms with Gasteiger partial charge in [-0.15, -0.1) is 5.10 Å². The molecule has 0 atom stereocenters. The lowest BCUT2D eigenvalue weighted by molar-refractivity contribution is 0.796. The van der Waals surface area contributed by atoms with Crippen LogP contribution >= 0.6 is 0 Å². The lowest BCUT2D eigenvalue weighted by atomic mass is 10.2. The number of aromatic nitrogens is 4. The third-order valence-corrected chi connectivity index (χ3v) is 3.64. The molecule has 1 N–H and O–H groups in total. The van der Waals surface area contributed by atoms with Crippen LogP contribution < -0.4 is 10.2 Å². The predicted molar refractivity (Wildman–Crippen MR) is 94.6 cm³/mol. The standard InChI is InChI=1S/C18H20N6/c1-2-24(14-15-7-4-3-5-8-15)17-13-21-23-18(22-17)20-12-16-9-6-10-19-11-16/h3-11,13H,2,12,14H2,1H3,(H,20,22,23). The molecule has 0 saturated carbocycles. The number of rotatable bonds is 7. The Bertz CT molecular complexity index is 748. The van der Waals surface area contributed by atoms with Crippen LogP contribution in [0.15, 0.2) is 61.1 Å². The fourth-order valence-electron chi connectivity index (χ4n) is 2.36. The summed E-state index contributed by atoms with van der Waals surface area (Å²) in [6.45, 7) is 4.35. The van der Waals surface area contributed by atoms with Gasteiger partial charge in [-0.1, -0.05) is 36.4 Å². The van der Waals surface area contributed by atoms with Gasteiger partial charge in [0.15, 0.2) is 5.82 Å². The summed E-state index contributed by atoms with van der Waals surface area (Å²) in [5.74, 6) is 1.33. The fraction of sp³-hybridized carbons (Fsp3) is 0.222. The number of benzene rings is 1. The molecule has 0 aliphatic rings. The molecule has 3 aromatic rings. The molecule has 0 spiro atoms. The second kappa shape index (κ2) is 8.01. The van der Waals surface area contributed by atoms with E-state index in [0.717, 1.165) is 24.5 Å². The maximum absolute atomic E-state index is 4.58. The van der Waals surface area contributed by atoms with Gasteiger partial charge in [-0.3, -0.25) is 4.98 Å². The van der Waals surface area contributed by atoms with E-state index in [0.29, 0.717) is 12.5 Å². The molecule has 6 nitrogen and oxygen atoms in total. The molecule has 1 aromatic carbocycles. The average Bonchev–Trinajstić information content (AvgIpc) is 2.66. The quantitative estimate of drug-likeness (QED) is 0.722. The molecule has 0 aliphatic carbocycles. The van der Waals surface area contributed by atoms with Crippen LogP contribution in [0.4, 0.5) is 11.8 Å². The van der Waals surface area contributed by atoms with Crippen LogP contribution in [-0.2, 0) is 13.1 Å². The van der Waals surface area contributed by atoms with Crippen LogP contribution in [0.2, 0.25) is 0 Å². The second-order valence-electron chi connectivity index (χ2n) is 5.35. The molecule has 122 valence electrons. The number of pyridine rings is 1. The molecule has 0 bridgehead atoms. The summed E-state index contributed by atoms with van der Waals surface area (Å²) in [6.07, 6.45) is 5.27.